The molecule has 0 saturated heterocycles. The average molecular weight is 228 g/mol. The van der Waals surface area contributed by atoms with Crippen LogP contribution in [0.25, 0.3) is 0 Å². The van der Waals surface area contributed by atoms with Crippen LogP contribution in [0.15, 0.2) is 0 Å². The van der Waals surface area contributed by atoms with Crippen LogP contribution in [0.2, 0.25) is 0 Å². The van der Waals surface area contributed by atoms with E-state index in [0.29, 0.717) is 0 Å². The van der Waals surface area contributed by atoms with Crippen molar-refractivity contribution in [2.24, 2.45) is 0 Å². The quantitative estimate of drug-likeness (QED) is 0.694. The van der Waals surface area contributed by atoms with E-state index in [1.165, 1.54) is 18.7 Å². The molecule has 0 amide bonds. The predicted octanol–water partition coefficient (Wildman–Crippen LogP) is 2.84. The second-order valence-electron chi connectivity index (χ2n) is 5.38. The third kappa shape index (κ3) is 19.3. The zero-order valence-electron chi connectivity index (χ0n) is 9.91. The summed E-state index contributed by atoms with van der Waals surface area (Å²) in [7, 11) is -0.968. The summed E-state index contributed by atoms with van der Waals surface area (Å²) >= 11 is 0. The molecule has 0 aromatic carbocycles. The Hall–Kier alpha value is 0.780. The van der Waals surface area contributed by atoms with Crippen molar-refractivity contribution in [1.82, 2.24) is 0 Å². The smallest absolute Gasteiger partial charge is 0.0620 e. The highest BCUT2D eigenvalue weighted by Crippen LogP contribution is 2.51. The molecule has 13 heavy (non-hydrogen) atoms. The van der Waals surface area contributed by atoms with Crippen LogP contribution in [0.3, 0.4) is 0 Å². The molecule has 2 nitrogen and oxygen atoms in total. The van der Waals surface area contributed by atoms with Crippen molar-refractivity contribution in [2.75, 3.05) is 52.3 Å². The Balaban J connectivity index is -0.000000500. The first-order valence-electron chi connectivity index (χ1n) is 4.32. The summed E-state index contributed by atoms with van der Waals surface area (Å²) in [5.74, 6) is 0. The van der Waals surface area contributed by atoms with E-state index in [1.54, 1.807) is 0 Å². The highest BCUT2D eigenvalue weighted by atomic mass is 31.2. The van der Waals surface area contributed by atoms with Crippen LogP contribution in [0, 0.1) is 0 Å². The van der Waals surface area contributed by atoms with Crippen molar-refractivity contribution in [3.63, 3.8) is 0 Å². The maximum atomic E-state index is 2.44. The van der Waals surface area contributed by atoms with Crippen molar-refractivity contribution < 1.29 is 11.0 Å². The largest absolute Gasteiger partial charge is 0.870 e. The van der Waals surface area contributed by atoms with Crippen LogP contribution < -0.4 is 0 Å². The zero-order valence-corrected chi connectivity index (χ0v) is 11.7. The van der Waals surface area contributed by atoms with Gasteiger partial charge in [0.2, 0.25) is 0 Å². The molecule has 0 atom stereocenters. The lowest BCUT2D eigenvalue weighted by molar-refractivity contribution is 0.823. The van der Waals surface area contributed by atoms with Crippen LogP contribution in [0.4, 0.5) is 0 Å². The Morgan fingerprint density at radius 2 is 0.846 bits per heavy atom. The van der Waals surface area contributed by atoms with Crippen molar-refractivity contribution in [1.29, 1.82) is 0 Å². The van der Waals surface area contributed by atoms with E-state index in [-0.39, 0.29) is 11.0 Å². The molecule has 0 aromatic heterocycles. The third-order valence-corrected chi connectivity index (χ3v) is 4.97. The van der Waals surface area contributed by atoms with Crippen LogP contribution in [-0.2, 0) is 0 Å². The summed E-state index contributed by atoms with van der Waals surface area (Å²) in [6, 6.07) is 0. The van der Waals surface area contributed by atoms with Crippen LogP contribution >= 0.6 is 14.5 Å². The first kappa shape index (κ1) is 19.4. The summed E-state index contributed by atoms with van der Waals surface area (Å²) in [5.41, 5.74) is 0. The van der Waals surface area contributed by atoms with E-state index in [4.69, 9.17) is 0 Å². The first-order valence-corrected chi connectivity index (χ1v) is 10.9. The Labute approximate surface area is 84.8 Å². The standard InChI is InChI=1S/C9H24P2.2H2O/c1-10(2,3)8-7-9-11(4,5)6;;/h7-9H2,1-6H3;2*1H2/q+2;;/p-2. The second-order valence-corrected chi connectivity index (χ2v) is 15.4. The Morgan fingerprint density at radius 1 is 0.615 bits per heavy atom. The molecule has 0 aromatic rings. The average Bonchev–Trinajstić information content (AvgIpc) is 1.55. The van der Waals surface area contributed by atoms with E-state index >= 15 is 0 Å². The van der Waals surface area contributed by atoms with Gasteiger partial charge in [0.25, 0.3) is 0 Å². The van der Waals surface area contributed by atoms with Gasteiger partial charge in [0.15, 0.2) is 0 Å². The highest BCUT2D eigenvalue weighted by molar-refractivity contribution is 7.74. The molecule has 0 aliphatic rings. The van der Waals surface area contributed by atoms with E-state index in [0.717, 1.165) is 0 Å². The van der Waals surface area contributed by atoms with Gasteiger partial charge in [-0.15, -0.1) is 0 Å². The maximum absolute atomic E-state index is 2.44. The lowest BCUT2D eigenvalue weighted by atomic mass is 10.6. The second kappa shape index (κ2) is 7.12. The Morgan fingerprint density at radius 3 is 1.00 bits per heavy atom. The summed E-state index contributed by atoms with van der Waals surface area (Å²) in [4.78, 5) is 0. The molecular weight excluding hydrogens is 202 g/mol. The van der Waals surface area contributed by atoms with Gasteiger partial charge in [-0.1, -0.05) is 0 Å². The normalized spacial score (nSPS) is 11.5. The summed E-state index contributed by atoms with van der Waals surface area (Å²) in [5, 5.41) is 0. The Kier molecular flexibility index (Phi) is 10.6. The van der Waals surface area contributed by atoms with Gasteiger partial charge in [-0.3, -0.25) is 0 Å². The molecule has 4 heteroatoms. The van der Waals surface area contributed by atoms with Gasteiger partial charge in [0, 0.05) is 60.9 Å². The molecule has 0 bridgehead atoms. The van der Waals surface area contributed by atoms with E-state index in [1.807, 2.05) is 0 Å². The first-order chi connectivity index (χ1) is 4.71. The molecular formula is C9H26O2P2. The van der Waals surface area contributed by atoms with Crippen LogP contribution in [0.1, 0.15) is 6.42 Å². The van der Waals surface area contributed by atoms with E-state index in [2.05, 4.69) is 40.0 Å². The van der Waals surface area contributed by atoms with Gasteiger partial charge in [-0.05, 0) is 0 Å². The van der Waals surface area contributed by atoms with E-state index in [9.17, 15) is 0 Å². The van der Waals surface area contributed by atoms with Gasteiger partial charge in [-0.25, -0.2) is 0 Å². The fourth-order valence-corrected chi connectivity index (χ4v) is 3.48. The molecule has 84 valence electrons. The number of hydrogen-bond acceptors (Lipinski definition) is 2. The topological polar surface area (TPSA) is 60.0 Å². The number of hydrogen-bond donors (Lipinski definition) is 0. The molecule has 0 saturated carbocycles. The highest BCUT2D eigenvalue weighted by Gasteiger charge is 2.21. The van der Waals surface area contributed by atoms with Crippen molar-refractivity contribution in [3.8, 4) is 0 Å². The van der Waals surface area contributed by atoms with Crippen molar-refractivity contribution in [2.45, 2.75) is 6.42 Å². The SMILES string of the molecule is C[P+](C)(C)CCC[P+](C)(C)C.[OH-].[OH-]. The Bertz CT molecular complexity index is 99.8. The minimum absolute atomic E-state index is 0. The summed E-state index contributed by atoms with van der Waals surface area (Å²) < 4.78 is 0. The van der Waals surface area contributed by atoms with E-state index < -0.39 is 14.5 Å². The van der Waals surface area contributed by atoms with Crippen molar-refractivity contribution in [3.05, 3.63) is 0 Å². The monoisotopic (exact) mass is 228 g/mol. The van der Waals surface area contributed by atoms with Gasteiger partial charge in [0.05, 0.1) is 12.3 Å². The lowest BCUT2D eigenvalue weighted by Gasteiger charge is -2.14. The van der Waals surface area contributed by atoms with Gasteiger partial charge in [-0.2, -0.15) is 0 Å². The summed E-state index contributed by atoms with van der Waals surface area (Å²) in [6.07, 6.45) is 4.45. The van der Waals surface area contributed by atoms with Crippen molar-refractivity contribution >= 4 is 14.5 Å². The van der Waals surface area contributed by atoms with Gasteiger partial charge >= 0.3 is 0 Å². The molecule has 0 fully saturated rings. The molecule has 0 unspecified atom stereocenters. The predicted molar refractivity (Wildman–Crippen MR) is 67.6 cm³/mol. The lowest BCUT2D eigenvalue weighted by Crippen LogP contribution is -1.99. The van der Waals surface area contributed by atoms with Gasteiger partial charge < -0.3 is 11.0 Å². The molecule has 0 spiro atoms. The molecule has 2 N–H and O–H groups in total. The maximum Gasteiger partial charge on any atom is 0.0620 e. The molecule has 0 rings (SSSR count). The summed E-state index contributed by atoms with van der Waals surface area (Å²) in [6.45, 7) is 14.6. The molecule has 0 radical (unpaired) electrons. The molecule has 0 heterocycles. The number of rotatable bonds is 4. The van der Waals surface area contributed by atoms with Crippen LogP contribution in [-0.4, -0.2) is 63.3 Å². The fraction of sp³-hybridized carbons (Fsp3) is 1.00. The zero-order chi connectivity index (χ0) is 9.12. The minimum atomic E-state index is -0.484. The third-order valence-electron chi connectivity index (χ3n) is 1.66. The minimum Gasteiger partial charge on any atom is -0.870 e. The molecule has 0 aliphatic heterocycles. The fourth-order valence-electron chi connectivity index (χ4n) is 1.02. The van der Waals surface area contributed by atoms with Crippen LogP contribution in [0.5, 0.6) is 0 Å². The van der Waals surface area contributed by atoms with Gasteiger partial charge in [0.1, 0.15) is 0 Å². The molecule has 0 aliphatic carbocycles.